The smallest absolute Gasteiger partial charge is 0.220 e. The maximum atomic E-state index is 5.81. The molecule has 1 aliphatic rings. The lowest BCUT2D eigenvalue weighted by molar-refractivity contribution is 0.118. The molecule has 0 N–H and O–H groups in total. The molecule has 0 radical (unpaired) electrons. The van der Waals surface area contributed by atoms with Crippen molar-refractivity contribution in [2.24, 2.45) is 5.10 Å². The average molecular weight is 467 g/mol. The van der Waals surface area contributed by atoms with Crippen LogP contribution >= 0.6 is 24.0 Å². The summed E-state index contributed by atoms with van der Waals surface area (Å²) in [7, 11) is 2.16. The van der Waals surface area contributed by atoms with E-state index in [0.717, 1.165) is 37.6 Å². The zero-order chi connectivity index (χ0) is 22.5. The van der Waals surface area contributed by atoms with Crippen molar-refractivity contribution in [1.82, 2.24) is 24.3 Å². The van der Waals surface area contributed by atoms with E-state index in [-0.39, 0.29) is 0 Å². The van der Waals surface area contributed by atoms with Gasteiger partial charge in [-0.25, -0.2) is 4.68 Å². The lowest BCUT2D eigenvalue weighted by Crippen LogP contribution is -2.45. The molecule has 2 aromatic carbocycles. The fraction of sp³-hybridized carbons (Fsp3) is 0.375. The third kappa shape index (κ3) is 5.75. The van der Waals surface area contributed by atoms with Crippen LogP contribution in [0.4, 0.5) is 0 Å². The number of aryl methyl sites for hydroxylation is 1. The first-order chi connectivity index (χ1) is 15.5. The van der Waals surface area contributed by atoms with Gasteiger partial charge in [0.25, 0.3) is 0 Å². The topological polar surface area (TPSA) is 41.6 Å². The van der Waals surface area contributed by atoms with E-state index in [1.807, 2.05) is 15.6 Å². The molecule has 0 saturated carbocycles. The van der Waals surface area contributed by atoms with Gasteiger partial charge in [0.15, 0.2) is 5.82 Å². The summed E-state index contributed by atoms with van der Waals surface area (Å²) in [5.74, 6) is 0.851. The van der Waals surface area contributed by atoms with Crippen molar-refractivity contribution in [2.75, 3.05) is 39.5 Å². The van der Waals surface area contributed by atoms with Gasteiger partial charge in [-0.1, -0.05) is 42.0 Å². The van der Waals surface area contributed by atoms with Gasteiger partial charge in [-0.05, 0) is 55.7 Å². The van der Waals surface area contributed by atoms with Gasteiger partial charge in [0.2, 0.25) is 4.77 Å². The molecule has 0 spiro atoms. The van der Waals surface area contributed by atoms with Gasteiger partial charge in [-0.3, -0.25) is 4.90 Å². The first-order valence-corrected chi connectivity index (χ1v) is 12.5. The van der Waals surface area contributed by atoms with E-state index in [2.05, 4.69) is 78.6 Å². The Morgan fingerprint density at radius 2 is 1.72 bits per heavy atom. The fourth-order valence-corrected chi connectivity index (χ4v) is 4.30. The maximum absolute atomic E-state index is 5.81. The molecule has 8 heteroatoms. The van der Waals surface area contributed by atoms with E-state index in [4.69, 9.17) is 22.4 Å². The number of piperazine rings is 1. The standard InChI is InChI=1S/C24H30N6S2/c1-19-4-6-21(7-5-19)17-25-30-23(16-20-8-10-22(32-3)11-9-20)26-29(24(30)31)18-28-14-12-27(2)13-15-28/h4-11,17H,12-16,18H2,1-3H3/b25-17+. The van der Waals surface area contributed by atoms with Crippen LogP contribution in [-0.2, 0) is 13.1 Å². The summed E-state index contributed by atoms with van der Waals surface area (Å²) in [5.41, 5.74) is 3.47. The Kier molecular flexibility index (Phi) is 7.57. The third-order valence-electron chi connectivity index (χ3n) is 5.73. The number of benzene rings is 2. The molecule has 1 fully saturated rings. The molecule has 4 rings (SSSR count). The van der Waals surface area contributed by atoms with Crippen LogP contribution in [0, 0.1) is 11.7 Å². The first kappa shape index (κ1) is 22.9. The Morgan fingerprint density at radius 3 is 2.38 bits per heavy atom. The van der Waals surface area contributed by atoms with Gasteiger partial charge in [0, 0.05) is 37.5 Å². The molecule has 3 aromatic rings. The number of rotatable bonds is 7. The number of nitrogens with zero attached hydrogens (tertiary/aromatic N) is 6. The Bertz CT molecular complexity index is 1110. The summed E-state index contributed by atoms with van der Waals surface area (Å²) >= 11 is 7.55. The first-order valence-electron chi connectivity index (χ1n) is 10.9. The van der Waals surface area contributed by atoms with E-state index in [9.17, 15) is 0 Å². The van der Waals surface area contributed by atoms with Crippen LogP contribution in [-0.4, -0.2) is 70.0 Å². The molecule has 1 aromatic heterocycles. The molecule has 1 saturated heterocycles. The highest BCUT2D eigenvalue weighted by molar-refractivity contribution is 7.98. The van der Waals surface area contributed by atoms with E-state index in [1.165, 1.54) is 16.0 Å². The SMILES string of the molecule is CSc1ccc(Cc2nn(CN3CCN(C)CC3)c(=S)n2/N=C/c2ccc(C)cc2)cc1. The normalized spacial score (nSPS) is 15.6. The number of aromatic nitrogens is 3. The second-order valence-electron chi connectivity index (χ2n) is 8.25. The van der Waals surface area contributed by atoms with E-state index >= 15 is 0 Å². The van der Waals surface area contributed by atoms with Crippen LogP contribution in [0.25, 0.3) is 0 Å². The number of thioether (sulfide) groups is 1. The minimum absolute atomic E-state index is 0.628. The lowest BCUT2D eigenvalue weighted by Gasteiger charge is -2.31. The monoisotopic (exact) mass is 466 g/mol. The Balaban J connectivity index is 1.62. The van der Waals surface area contributed by atoms with Gasteiger partial charge in [-0.15, -0.1) is 11.8 Å². The van der Waals surface area contributed by atoms with Gasteiger partial charge in [0.1, 0.15) is 0 Å². The van der Waals surface area contributed by atoms with Crippen LogP contribution in [0.5, 0.6) is 0 Å². The Morgan fingerprint density at radius 1 is 1.03 bits per heavy atom. The molecule has 32 heavy (non-hydrogen) atoms. The van der Waals surface area contributed by atoms with Crippen LogP contribution in [0.1, 0.15) is 22.5 Å². The number of hydrogen-bond donors (Lipinski definition) is 0. The van der Waals surface area contributed by atoms with Crippen LogP contribution in [0.3, 0.4) is 0 Å². The number of hydrogen-bond acceptors (Lipinski definition) is 6. The highest BCUT2D eigenvalue weighted by atomic mass is 32.2. The molecule has 1 aliphatic heterocycles. The summed E-state index contributed by atoms with van der Waals surface area (Å²) in [5, 5.41) is 9.62. The molecule has 2 heterocycles. The molecule has 0 bridgehead atoms. The quantitative estimate of drug-likeness (QED) is 0.298. The van der Waals surface area contributed by atoms with Gasteiger partial charge < -0.3 is 4.90 Å². The molecule has 0 amide bonds. The van der Waals surface area contributed by atoms with Crippen molar-refractivity contribution in [2.45, 2.75) is 24.9 Å². The van der Waals surface area contributed by atoms with Crippen molar-refractivity contribution in [3.05, 3.63) is 75.8 Å². The lowest BCUT2D eigenvalue weighted by atomic mass is 10.1. The van der Waals surface area contributed by atoms with Crippen molar-refractivity contribution in [3.63, 3.8) is 0 Å². The summed E-state index contributed by atoms with van der Waals surface area (Å²) in [6.45, 7) is 6.94. The predicted octanol–water partition coefficient (Wildman–Crippen LogP) is 4.12. The second kappa shape index (κ2) is 10.6. The second-order valence-corrected chi connectivity index (χ2v) is 9.50. The predicted molar refractivity (Wildman–Crippen MR) is 135 cm³/mol. The summed E-state index contributed by atoms with van der Waals surface area (Å²) in [6, 6.07) is 16.9. The molecule has 0 atom stereocenters. The molecule has 6 nitrogen and oxygen atoms in total. The summed E-state index contributed by atoms with van der Waals surface area (Å²) < 4.78 is 4.36. The highest BCUT2D eigenvalue weighted by Gasteiger charge is 2.17. The molecule has 168 valence electrons. The maximum Gasteiger partial charge on any atom is 0.220 e. The molecular weight excluding hydrogens is 436 g/mol. The van der Waals surface area contributed by atoms with E-state index < -0.39 is 0 Å². The van der Waals surface area contributed by atoms with E-state index in [0.29, 0.717) is 17.9 Å². The Hall–Kier alpha value is -2.26. The van der Waals surface area contributed by atoms with Crippen molar-refractivity contribution >= 4 is 30.2 Å². The van der Waals surface area contributed by atoms with Gasteiger partial charge in [-0.2, -0.15) is 14.9 Å². The Labute approximate surface area is 199 Å². The van der Waals surface area contributed by atoms with Crippen molar-refractivity contribution in [1.29, 1.82) is 0 Å². The average Bonchev–Trinajstić information content (AvgIpc) is 3.09. The molecule has 0 aliphatic carbocycles. The molecule has 0 unspecified atom stereocenters. The van der Waals surface area contributed by atoms with Crippen molar-refractivity contribution < 1.29 is 0 Å². The van der Waals surface area contributed by atoms with Gasteiger partial charge in [0.05, 0.1) is 12.9 Å². The van der Waals surface area contributed by atoms with Crippen LogP contribution in [0.15, 0.2) is 58.5 Å². The zero-order valence-corrected chi connectivity index (χ0v) is 20.6. The number of likely N-dealkylation sites (N-methyl/N-ethyl adjacent to an activating group) is 1. The minimum Gasteiger partial charge on any atom is -0.304 e. The van der Waals surface area contributed by atoms with Gasteiger partial charge >= 0.3 is 0 Å². The van der Waals surface area contributed by atoms with Crippen LogP contribution < -0.4 is 0 Å². The summed E-state index contributed by atoms with van der Waals surface area (Å²) in [4.78, 5) is 6.00. The molecular formula is C24H30N6S2. The third-order valence-corrected chi connectivity index (χ3v) is 6.86. The fourth-order valence-electron chi connectivity index (χ4n) is 3.64. The van der Waals surface area contributed by atoms with E-state index in [1.54, 1.807) is 11.8 Å². The zero-order valence-electron chi connectivity index (χ0n) is 18.9. The largest absolute Gasteiger partial charge is 0.304 e. The highest BCUT2D eigenvalue weighted by Crippen LogP contribution is 2.17. The van der Waals surface area contributed by atoms with Crippen molar-refractivity contribution in [3.8, 4) is 0 Å². The minimum atomic E-state index is 0.628. The van der Waals surface area contributed by atoms with Crippen LogP contribution in [0.2, 0.25) is 0 Å². The summed E-state index contributed by atoms with van der Waals surface area (Å²) in [6.07, 6.45) is 4.63.